The number of hydrogen-bond donors (Lipinski definition) is 1. The fourth-order valence-electron chi connectivity index (χ4n) is 0.0660. The van der Waals surface area contributed by atoms with Crippen LogP contribution in [0.5, 0.6) is 0 Å². The van der Waals surface area contributed by atoms with E-state index in [-0.39, 0.29) is 0 Å². The molecule has 0 aliphatic heterocycles. The third-order valence-electron chi connectivity index (χ3n) is 0.653. The van der Waals surface area contributed by atoms with Crippen LogP contribution >= 0.6 is 0 Å². The van der Waals surface area contributed by atoms with Crippen LogP contribution in [-0.2, 0) is 4.79 Å². The molecule has 0 rings (SSSR count). The van der Waals surface area contributed by atoms with Gasteiger partial charge in [-0.25, -0.2) is 0 Å². The van der Waals surface area contributed by atoms with Crippen molar-refractivity contribution in [1.29, 1.82) is 0 Å². The number of carboxylic acid groups (broad SMARTS) is 1. The first-order valence-electron chi connectivity index (χ1n) is 1.97. The van der Waals surface area contributed by atoms with Gasteiger partial charge < -0.3 is 5.11 Å². The van der Waals surface area contributed by atoms with Crippen LogP contribution in [0.4, 0.5) is 4.39 Å². The van der Waals surface area contributed by atoms with Gasteiger partial charge in [0.1, 0.15) is 6.67 Å². The van der Waals surface area contributed by atoms with Crippen molar-refractivity contribution in [2.45, 2.75) is 6.92 Å². The minimum atomic E-state index is -1.08. The monoisotopic (exact) mass is 106 g/mol. The number of aliphatic carboxylic acids is 1. The van der Waals surface area contributed by atoms with Crippen molar-refractivity contribution < 1.29 is 14.3 Å². The molecule has 7 heavy (non-hydrogen) atoms. The Morgan fingerprint density at radius 2 is 2.43 bits per heavy atom. The molecule has 0 saturated carbocycles. The van der Waals surface area contributed by atoms with Crippen molar-refractivity contribution in [3.05, 3.63) is 0 Å². The summed E-state index contributed by atoms with van der Waals surface area (Å²) < 4.78 is 11.3. The lowest BCUT2D eigenvalue weighted by atomic mass is 10.2. The number of alkyl halides is 1. The predicted octanol–water partition coefficient (Wildman–Crippen LogP) is 0.677. The molecule has 0 heterocycles. The molecule has 0 aromatic heterocycles. The van der Waals surface area contributed by atoms with Crippen molar-refractivity contribution in [3.8, 4) is 0 Å². The molecule has 0 fully saturated rings. The van der Waals surface area contributed by atoms with E-state index in [0.717, 1.165) is 0 Å². The third kappa shape index (κ3) is 2.14. The van der Waals surface area contributed by atoms with Crippen LogP contribution in [0, 0.1) is 5.92 Å². The molecule has 0 saturated heterocycles. The Morgan fingerprint density at radius 1 is 2.00 bits per heavy atom. The smallest absolute Gasteiger partial charge is 0.308 e. The molecule has 1 atom stereocenters. The lowest BCUT2D eigenvalue weighted by Crippen LogP contribution is -2.10. The van der Waals surface area contributed by atoms with E-state index in [4.69, 9.17) is 5.11 Å². The van der Waals surface area contributed by atoms with Gasteiger partial charge in [-0.05, 0) is 6.92 Å². The third-order valence-corrected chi connectivity index (χ3v) is 0.653. The number of rotatable bonds is 2. The van der Waals surface area contributed by atoms with Gasteiger partial charge in [-0.15, -0.1) is 0 Å². The molecule has 42 valence electrons. The molecule has 0 spiro atoms. The molecular weight excluding hydrogens is 99.0 g/mol. The summed E-state index contributed by atoms with van der Waals surface area (Å²) in [4.78, 5) is 9.69. The summed E-state index contributed by atoms with van der Waals surface area (Å²) >= 11 is 0. The number of carboxylic acids is 1. The van der Waals surface area contributed by atoms with Gasteiger partial charge in [-0.1, -0.05) is 0 Å². The minimum Gasteiger partial charge on any atom is -0.481 e. The molecule has 0 bridgehead atoms. The molecule has 0 aliphatic carbocycles. The molecule has 0 radical (unpaired) electrons. The zero-order valence-corrected chi connectivity index (χ0v) is 4.02. The first-order chi connectivity index (χ1) is 3.18. The molecule has 2 nitrogen and oxygen atoms in total. The highest BCUT2D eigenvalue weighted by Gasteiger charge is 2.07. The zero-order chi connectivity index (χ0) is 5.86. The Kier molecular flexibility index (Phi) is 2.33. The second kappa shape index (κ2) is 2.55. The first kappa shape index (κ1) is 6.40. The van der Waals surface area contributed by atoms with Crippen LogP contribution in [-0.4, -0.2) is 17.8 Å². The Labute approximate surface area is 41.0 Å². The summed E-state index contributed by atoms with van der Waals surface area (Å²) in [5.74, 6) is -1.93. The molecule has 1 N–H and O–H groups in total. The van der Waals surface area contributed by atoms with Crippen molar-refractivity contribution >= 4 is 5.97 Å². The van der Waals surface area contributed by atoms with Crippen LogP contribution in [0.1, 0.15) is 6.92 Å². The average molecular weight is 106 g/mol. The zero-order valence-electron chi connectivity index (χ0n) is 4.02. The summed E-state index contributed by atoms with van der Waals surface area (Å²) in [5, 5.41) is 7.94. The van der Waals surface area contributed by atoms with E-state index in [2.05, 4.69) is 0 Å². The van der Waals surface area contributed by atoms with Gasteiger partial charge in [0.25, 0.3) is 0 Å². The summed E-state index contributed by atoms with van der Waals surface area (Å²) in [5.41, 5.74) is 0. The van der Waals surface area contributed by atoms with Gasteiger partial charge in [0.2, 0.25) is 0 Å². The Hall–Kier alpha value is -0.600. The van der Waals surface area contributed by atoms with Crippen molar-refractivity contribution in [1.82, 2.24) is 0 Å². The van der Waals surface area contributed by atoms with Crippen molar-refractivity contribution in [2.24, 2.45) is 5.92 Å². The quantitative estimate of drug-likeness (QED) is 0.562. The Balaban J connectivity index is 3.34. The lowest BCUT2D eigenvalue weighted by Gasteiger charge is -1.93. The van der Waals surface area contributed by atoms with Gasteiger partial charge in [-0.3, -0.25) is 9.18 Å². The predicted molar refractivity (Wildman–Crippen MR) is 22.8 cm³/mol. The summed E-state index contributed by atoms with van der Waals surface area (Å²) in [6.45, 7) is 0.539. The molecule has 0 aliphatic rings. The molecule has 0 amide bonds. The van der Waals surface area contributed by atoms with Crippen LogP contribution < -0.4 is 0 Å². The summed E-state index contributed by atoms with van der Waals surface area (Å²) in [6, 6.07) is 0. The van der Waals surface area contributed by atoms with Gasteiger partial charge in [0, 0.05) is 0 Å². The molecular formula is C4H7FO2. The highest BCUT2D eigenvalue weighted by atomic mass is 19.1. The SMILES string of the molecule is C[C@@H](CF)C(=O)O. The van der Waals surface area contributed by atoms with Gasteiger partial charge in [0.05, 0.1) is 5.92 Å². The Bertz CT molecular complexity index is 72.1. The number of halogens is 1. The van der Waals surface area contributed by atoms with E-state index in [9.17, 15) is 9.18 Å². The topological polar surface area (TPSA) is 37.3 Å². The highest BCUT2D eigenvalue weighted by Crippen LogP contribution is 1.92. The first-order valence-corrected chi connectivity index (χ1v) is 1.97. The Morgan fingerprint density at radius 3 is 2.43 bits per heavy atom. The van der Waals surface area contributed by atoms with E-state index < -0.39 is 18.6 Å². The van der Waals surface area contributed by atoms with Crippen molar-refractivity contribution in [2.75, 3.05) is 6.67 Å². The fourth-order valence-corrected chi connectivity index (χ4v) is 0.0660. The lowest BCUT2D eigenvalue weighted by molar-refractivity contribution is -0.141. The van der Waals surface area contributed by atoms with E-state index in [1.54, 1.807) is 0 Å². The normalized spacial score (nSPS) is 13.4. The van der Waals surface area contributed by atoms with Crippen LogP contribution in [0.2, 0.25) is 0 Å². The standard InChI is InChI=1S/C4H7FO2/c1-3(2-5)4(6)7/h3H,2H2,1H3,(H,6,7)/t3-/m0/s1. The summed E-state index contributed by atoms with van der Waals surface area (Å²) in [6.07, 6.45) is 0. The van der Waals surface area contributed by atoms with Gasteiger partial charge in [-0.2, -0.15) is 0 Å². The van der Waals surface area contributed by atoms with Crippen LogP contribution in [0.25, 0.3) is 0 Å². The van der Waals surface area contributed by atoms with E-state index >= 15 is 0 Å². The molecule has 0 aromatic rings. The molecule has 3 heteroatoms. The van der Waals surface area contributed by atoms with E-state index in [1.165, 1.54) is 6.92 Å². The van der Waals surface area contributed by atoms with Crippen LogP contribution in [0.15, 0.2) is 0 Å². The van der Waals surface area contributed by atoms with Crippen molar-refractivity contribution in [3.63, 3.8) is 0 Å². The average Bonchev–Trinajstić information content (AvgIpc) is 1.65. The number of carbonyl (C=O) groups is 1. The summed E-state index contributed by atoms with van der Waals surface area (Å²) in [7, 11) is 0. The fraction of sp³-hybridized carbons (Fsp3) is 0.750. The number of hydrogen-bond acceptors (Lipinski definition) is 1. The largest absolute Gasteiger partial charge is 0.481 e. The maximum Gasteiger partial charge on any atom is 0.308 e. The second-order valence-electron chi connectivity index (χ2n) is 1.39. The van der Waals surface area contributed by atoms with Crippen LogP contribution in [0.3, 0.4) is 0 Å². The van der Waals surface area contributed by atoms with E-state index in [1.807, 2.05) is 0 Å². The second-order valence-corrected chi connectivity index (χ2v) is 1.39. The minimum absolute atomic E-state index is 0.782. The molecule has 0 unspecified atom stereocenters. The maximum absolute atomic E-state index is 11.3. The van der Waals surface area contributed by atoms with Gasteiger partial charge >= 0.3 is 5.97 Å². The molecule has 0 aromatic carbocycles. The maximum atomic E-state index is 11.3. The van der Waals surface area contributed by atoms with E-state index in [0.29, 0.717) is 0 Å². The van der Waals surface area contributed by atoms with Gasteiger partial charge in [0.15, 0.2) is 0 Å². The highest BCUT2D eigenvalue weighted by molar-refractivity contribution is 5.69.